The highest BCUT2D eigenvalue weighted by Gasteiger charge is 2.35. The number of non-ortho nitro benzene ring substituents is 1. The highest BCUT2D eigenvalue weighted by Crippen LogP contribution is 2.44. The Balaban J connectivity index is 1.88. The second-order valence-electron chi connectivity index (χ2n) is 6.46. The van der Waals surface area contributed by atoms with Gasteiger partial charge >= 0.3 is 6.03 Å². The molecule has 0 aliphatic carbocycles. The molecule has 1 unspecified atom stereocenters. The molecule has 2 aromatic rings. The van der Waals surface area contributed by atoms with E-state index in [4.69, 9.17) is 9.47 Å². The van der Waals surface area contributed by atoms with Crippen LogP contribution in [-0.4, -0.2) is 23.8 Å². The maximum absolute atomic E-state index is 12.7. The molecule has 0 fully saturated rings. The van der Waals surface area contributed by atoms with E-state index in [2.05, 4.69) is 5.32 Å². The average molecular weight is 355 g/mol. The number of ether oxygens (including phenoxy) is 2. The normalized spacial score (nSPS) is 17.9. The molecule has 0 radical (unpaired) electrons. The van der Waals surface area contributed by atoms with E-state index in [1.165, 1.54) is 12.1 Å². The Labute approximate surface area is 149 Å². The quantitative estimate of drug-likeness (QED) is 0.673. The minimum atomic E-state index is -0.512. The van der Waals surface area contributed by atoms with E-state index in [0.717, 1.165) is 5.56 Å². The number of nitrogens with one attached hydrogen (secondary N) is 1. The molecule has 26 heavy (non-hydrogen) atoms. The van der Waals surface area contributed by atoms with Crippen LogP contribution in [0.3, 0.4) is 0 Å². The third-order valence-corrected chi connectivity index (χ3v) is 4.51. The molecule has 0 bridgehead atoms. The number of hydrogen-bond acceptors (Lipinski definition) is 5. The topological polar surface area (TPSA) is 93.9 Å². The van der Waals surface area contributed by atoms with E-state index in [1.54, 1.807) is 23.1 Å². The molecule has 2 aliphatic rings. The number of urea groups is 1. The summed E-state index contributed by atoms with van der Waals surface area (Å²) >= 11 is 0. The molecule has 0 aromatic heterocycles. The molecule has 1 atom stereocenters. The summed E-state index contributed by atoms with van der Waals surface area (Å²) in [6.07, 6.45) is 0. The van der Waals surface area contributed by atoms with Crippen LogP contribution in [0.4, 0.5) is 16.2 Å². The number of benzene rings is 2. The average Bonchev–Trinajstić information content (AvgIpc) is 3.06. The number of nitro benzene ring substituents is 1. The van der Waals surface area contributed by atoms with E-state index in [1.807, 2.05) is 19.9 Å². The maximum Gasteiger partial charge on any atom is 0.322 e. The van der Waals surface area contributed by atoms with Gasteiger partial charge in [0.05, 0.1) is 16.7 Å². The molecule has 2 aromatic carbocycles. The predicted molar refractivity (Wildman–Crippen MR) is 93.7 cm³/mol. The largest absolute Gasteiger partial charge is 0.454 e. The number of fused-ring (bicyclic) bond motifs is 2. The van der Waals surface area contributed by atoms with Crippen molar-refractivity contribution in [2.45, 2.75) is 25.9 Å². The van der Waals surface area contributed by atoms with Crippen molar-refractivity contribution in [3.8, 4) is 11.5 Å². The molecule has 1 N–H and O–H groups in total. The number of hydrogen-bond donors (Lipinski definition) is 1. The third-order valence-electron chi connectivity index (χ3n) is 4.51. The van der Waals surface area contributed by atoms with Gasteiger partial charge in [0.2, 0.25) is 6.79 Å². The molecule has 0 spiro atoms. The second kappa shape index (κ2) is 5.91. The van der Waals surface area contributed by atoms with Crippen molar-refractivity contribution in [1.29, 1.82) is 0 Å². The van der Waals surface area contributed by atoms with Crippen molar-refractivity contribution in [2.75, 3.05) is 11.7 Å². The van der Waals surface area contributed by atoms with E-state index >= 15 is 0 Å². The molecular weight excluding hydrogens is 338 g/mol. The fraction of sp³-hybridized carbons (Fsp3) is 0.278. The Morgan fingerprint density at radius 1 is 1.23 bits per heavy atom. The summed E-state index contributed by atoms with van der Waals surface area (Å²) in [5, 5.41) is 14.1. The van der Waals surface area contributed by atoms with Crippen LogP contribution in [0.15, 0.2) is 36.4 Å². The molecule has 0 saturated carbocycles. The minimum Gasteiger partial charge on any atom is -0.454 e. The summed E-state index contributed by atoms with van der Waals surface area (Å²) in [5.74, 6) is 1.18. The van der Waals surface area contributed by atoms with Crippen LogP contribution in [0.2, 0.25) is 0 Å². The van der Waals surface area contributed by atoms with Crippen LogP contribution in [0.1, 0.15) is 31.0 Å². The standard InChI is InChI=1S/C18H17N3O5/c1-10(2)20-14-8-16-15(25-9-26-16)7-13(14)17(19-18(20)22)11-4-3-5-12(6-11)21(23)24/h3-8,10,17H,9H2,1-2H3,(H,19,22). The van der Waals surface area contributed by atoms with Crippen LogP contribution < -0.4 is 19.7 Å². The minimum absolute atomic E-state index is 0.0228. The van der Waals surface area contributed by atoms with Gasteiger partial charge in [0.15, 0.2) is 11.5 Å². The van der Waals surface area contributed by atoms with Crippen molar-refractivity contribution < 1.29 is 19.2 Å². The lowest BCUT2D eigenvalue weighted by Gasteiger charge is -2.37. The summed E-state index contributed by atoms with van der Waals surface area (Å²) in [7, 11) is 0. The van der Waals surface area contributed by atoms with Crippen LogP contribution in [0.25, 0.3) is 0 Å². The third kappa shape index (κ3) is 2.50. The zero-order valence-electron chi connectivity index (χ0n) is 14.3. The number of amides is 2. The molecule has 0 saturated heterocycles. The zero-order chi connectivity index (χ0) is 18.4. The molecule has 4 rings (SSSR count). The van der Waals surface area contributed by atoms with Gasteiger partial charge in [0.1, 0.15) is 0 Å². The lowest BCUT2D eigenvalue weighted by molar-refractivity contribution is -0.384. The Morgan fingerprint density at radius 3 is 2.65 bits per heavy atom. The van der Waals surface area contributed by atoms with Gasteiger partial charge in [-0.05, 0) is 25.5 Å². The molecule has 2 heterocycles. The first-order valence-electron chi connectivity index (χ1n) is 8.23. The van der Waals surface area contributed by atoms with E-state index < -0.39 is 11.0 Å². The van der Waals surface area contributed by atoms with Crippen LogP contribution in [0.5, 0.6) is 11.5 Å². The van der Waals surface area contributed by atoms with E-state index in [-0.39, 0.29) is 24.6 Å². The SMILES string of the molecule is CC(C)N1C(=O)NC(c2cccc([N+](=O)[O-])c2)c2cc3c(cc21)OCO3. The first-order chi connectivity index (χ1) is 12.5. The Kier molecular flexibility index (Phi) is 3.68. The van der Waals surface area contributed by atoms with Crippen LogP contribution >= 0.6 is 0 Å². The first-order valence-corrected chi connectivity index (χ1v) is 8.23. The lowest BCUT2D eigenvalue weighted by atomic mass is 9.93. The van der Waals surface area contributed by atoms with Gasteiger partial charge in [-0.25, -0.2) is 4.79 Å². The van der Waals surface area contributed by atoms with Crippen molar-refractivity contribution in [3.05, 3.63) is 57.6 Å². The summed E-state index contributed by atoms with van der Waals surface area (Å²) < 4.78 is 10.9. The smallest absolute Gasteiger partial charge is 0.322 e. The Hall–Kier alpha value is -3.29. The predicted octanol–water partition coefficient (Wildman–Crippen LogP) is 3.35. The summed E-state index contributed by atoms with van der Waals surface area (Å²) in [6.45, 7) is 3.96. The molecular formula is C18H17N3O5. The number of carbonyl (C=O) groups is 1. The Morgan fingerprint density at radius 2 is 1.96 bits per heavy atom. The van der Waals surface area contributed by atoms with Gasteiger partial charge in [-0.2, -0.15) is 0 Å². The van der Waals surface area contributed by atoms with Gasteiger partial charge in [-0.15, -0.1) is 0 Å². The van der Waals surface area contributed by atoms with E-state index in [0.29, 0.717) is 22.7 Å². The fourth-order valence-corrected chi connectivity index (χ4v) is 3.36. The first kappa shape index (κ1) is 16.2. The number of anilines is 1. The van der Waals surface area contributed by atoms with Crippen molar-refractivity contribution >= 4 is 17.4 Å². The van der Waals surface area contributed by atoms with Crippen LogP contribution in [0, 0.1) is 10.1 Å². The lowest BCUT2D eigenvalue weighted by Crippen LogP contribution is -2.50. The monoisotopic (exact) mass is 355 g/mol. The highest BCUT2D eigenvalue weighted by molar-refractivity contribution is 5.97. The second-order valence-corrected chi connectivity index (χ2v) is 6.46. The van der Waals surface area contributed by atoms with Gasteiger partial charge in [0, 0.05) is 29.8 Å². The number of carbonyl (C=O) groups excluding carboxylic acids is 1. The molecule has 8 nitrogen and oxygen atoms in total. The molecule has 2 aliphatic heterocycles. The Bertz CT molecular complexity index is 912. The fourth-order valence-electron chi connectivity index (χ4n) is 3.36. The number of nitrogens with zero attached hydrogens (tertiary/aromatic N) is 2. The number of rotatable bonds is 3. The summed E-state index contributed by atoms with van der Waals surface area (Å²) in [4.78, 5) is 25.0. The van der Waals surface area contributed by atoms with Gasteiger partial charge in [-0.3, -0.25) is 15.0 Å². The van der Waals surface area contributed by atoms with Gasteiger partial charge in [-0.1, -0.05) is 12.1 Å². The maximum atomic E-state index is 12.7. The number of nitro groups is 1. The summed E-state index contributed by atoms with van der Waals surface area (Å²) in [6, 6.07) is 9.05. The molecule has 134 valence electrons. The van der Waals surface area contributed by atoms with Crippen LogP contribution in [-0.2, 0) is 0 Å². The van der Waals surface area contributed by atoms with E-state index in [9.17, 15) is 14.9 Å². The van der Waals surface area contributed by atoms with Crippen molar-refractivity contribution in [2.24, 2.45) is 0 Å². The van der Waals surface area contributed by atoms with Gasteiger partial charge < -0.3 is 14.8 Å². The summed E-state index contributed by atoms with van der Waals surface area (Å²) in [5.41, 5.74) is 2.13. The highest BCUT2D eigenvalue weighted by atomic mass is 16.7. The zero-order valence-corrected chi connectivity index (χ0v) is 14.3. The van der Waals surface area contributed by atoms with Crippen molar-refractivity contribution in [3.63, 3.8) is 0 Å². The van der Waals surface area contributed by atoms with Gasteiger partial charge in [0.25, 0.3) is 5.69 Å². The molecule has 2 amide bonds. The molecule has 8 heteroatoms. The van der Waals surface area contributed by atoms with Crippen molar-refractivity contribution in [1.82, 2.24) is 5.32 Å².